The molecule has 4 rings (SSSR count). The lowest BCUT2D eigenvalue weighted by molar-refractivity contribution is -0.124. The molecule has 2 bridgehead atoms. The molecule has 3 aliphatic rings. The summed E-state index contributed by atoms with van der Waals surface area (Å²) in [5.41, 5.74) is 9.11. The molecule has 4 N–H and O–H groups in total. The molecule has 1 heterocycles. The molecule has 1 saturated heterocycles. The van der Waals surface area contributed by atoms with E-state index >= 15 is 0 Å². The van der Waals surface area contributed by atoms with Crippen LogP contribution in [0.25, 0.3) is 0 Å². The molecule has 0 unspecified atom stereocenters. The van der Waals surface area contributed by atoms with Crippen molar-refractivity contribution in [2.24, 2.45) is 0 Å². The van der Waals surface area contributed by atoms with Gasteiger partial charge in [0.25, 0.3) is 0 Å². The highest BCUT2D eigenvalue weighted by molar-refractivity contribution is 5.57. The van der Waals surface area contributed by atoms with Gasteiger partial charge in [-0.3, -0.25) is 0 Å². The smallest absolute Gasteiger partial charge is 0.0899 e. The number of fused-ring (bicyclic) bond motifs is 1. The van der Waals surface area contributed by atoms with Gasteiger partial charge in [0.15, 0.2) is 0 Å². The number of hydrogen-bond acceptors (Lipinski definition) is 3. The van der Waals surface area contributed by atoms with Gasteiger partial charge >= 0.3 is 0 Å². The Morgan fingerprint density at radius 1 is 1.21 bits per heavy atom. The average molecular weight is 258 g/mol. The van der Waals surface area contributed by atoms with Crippen LogP contribution in [-0.2, 0) is 11.8 Å². The van der Waals surface area contributed by atoms with Crippen LogP contribution in [0.4, 0.5) is 5.69 Å². The number of aliphatic hydroxyl groups is 1. The molecule has 0 aromatic heterocycles. The zero-order valence-electron chi connectivity index (χ0n) is 11.3. The number of nitrogens with one attached hydrogen (secondary N) is 1. The van der Waals surface area contributed by atoms with Crippen LogP contribution in [0.15, 0.2) is 18.2 Å². The largest absolute Gasteiger partial charge is 0.398 e. The molecular formula is C16H22N2O. The lowest BCUT2D eigenvalue weighted by atomic mass is 9.50. The number of rotatable bonds is 0. The Hall–Kier alpha value is -1.06. The quantitative estimate of drug-likeness (QED) is 0.621. The molecule has 0 amide bonds. The number of hydrogen-bond donors (Lipinski definition) is 3. The summed E-state index contributed by atoms with van der Waals surface area (Å²) in [5.74, 6) is 0. The zero-order valence-corrected chi connectivity index (χ0v) is 11.3. The standard InChI is InChI=1S/C16H22N2O/c17-13-5-3-4-12-11(13)10-14-16(19)7-2-1-6-15(12,16)8-9-18-14/h3-5,14,18-19H,1-2,6-10,17H2/t14-,15+,16-/m1/s1. The second-order valence-electron chi connectivity index (χ2n) is 6.55. The Labute approximate surface area is 114 Å². The first-order chi connectivity index (χ1) is 9.17. The van der Waals surface area contributed by atoms with Crippen molar-refractivity contribution in [2.75, 3.05) is 12.3 Å². The number of piperidine rings is 1. The maximum atomic E-state index is 11.4. The van der Waals surface area contributed by atoms with E-state index in [4.69, 9.17) is 5.73 Å². The van der Waals surface area contributed by atoms with Gasteiger partial charge in [-0.2, -0.15) is 0 Å². The highest BCUT2D eigenvalue weighted by atomic mass is 16.3. The molecule has 3 nitrogen and oxygen atoms in total. The van der Waals surface area contributed by atoms with Crippen LogP contribution in [-0.4, -0.2) is 23.3 Å². The summed E-state index contributed by atoms with van der Waals surface area (Å²) in [7, 11) is 0. The minimum absolute atomic E-state index is 0.0515. The molecule has 0 radical (unpaired) electrons. The Morgan fingerprint density at radius 2 is 2.05 bits per heavy atom. The molecule has 1 aromatic rings. The van der Waals surface area contributed by atoms with Gasteiger partial charge in [-0.25, -0.2) is 0 Å². The summed E-state index contributed by atoms with van der Waals surface area (Å²) in [4.78, 5) is 0. The number of nitrogens with two attached hydrogens (primary N) is 1. The SMILES string of the molecule is Nc1cccc2c1C[C@H]1NCC[C@@]23CCCC[C@@]13O. The van der Waals surface area contributed by atoms with Crippen molar-refractivity contribution in [2.45, 2.75) is 55.6 Å². The second kappa shape index (κ2) is 3.74. The Kier molecular flexibility index (Phi) is 2.31. The van der Waals surface area contributed by atoms with E-state index in [-0.39, 0.29) is 11.5 Å². The summed E-state index contributed by atoms with van der Waals surface area (Å²) in [6, 6.07) is 6.45. The molecule has 3 heteroatoms. The molecule has 0 spiro atoms. The van der Waals surface area contributed by atoms with Gasteiger partial charge in [0.05, 0.1) is 5.60 Å². The summed E-state index contributed by atoms with van der Waals surface area (Å²) in [6.07, 6.45) is 6.32. The van der Waals surface area contributed by atoms with Gasteiger partial charge in [-0.05, 0) is 49.4 Å². The number of nitrogen functional groups attached to an aromatic ring is 1. The van der Waals surface area contributed by atoms with Crippen molar-refractivity contribution in [3.63, 3.8) is 0 Å². The molecule has 1 saturated carbocycles. The zero-order chi connectivity index (χ0) is 13.1. The van der Waals surface area contributed by atoms with E-state index < -0.39 is 5.60 Å². The van der Waals surface area contributed by atoms with Crippen LogP contribution in [0.5, 0.6) is 0 Å². The first-order valence-corrected chi connectivity index (χ1v) is 7.51. The number of anilines is 1. The van der Waals surface area contributed by atoms with E-state index in [0.717, 1.165) is 44.3 Å². The van der Waals surface area contributed by atoms with Gasteiger partial charge in [0.2, 0.25) is 0 Å². The minimum atomic E-state index is -0.565. The second-order valence-corrected chi connectivity index (χ2v) is 6.55. The predicted molar refractivity (Wildman–Crippen MR) is 76.1 cm³/mol. The van der Waals surface area contributed by atoms with Crippen LogP contribution in [0.2, 0.25) is 0 Å². The number of benzene rings is 1. The molecule has 3 atom stereocenters. The third-order valence-electron chi connectivity index (χ3n) is 5.90. The van der Waals surface area contributed by atoms with Crippen molar-refractivity contribution < 1.29 is 5.11 Å². The third kappa shape index (κ3) is 1.30. The van der Waals surface area contributed by atoms with Crippen molar-refractivity contribution in [3.8, 4) is 0 Å². The van der Waals surface area contributed by atoms with Crippen molar-refractivity contribution >= 4 is 5.69 Å². The molecule has 19 heavy (non-hydrogen) atoms. The fourth-order valence-corrected chi connectivity index (χ4v) is 4.98. The molecule has 2 fully saturated rings. The van der Waals surface area contributed by atoms with Crippen molar-refractivity contribution in [1.29, 1.82) is 0 Å². The maximum absolute atomic E-state index is 11.4. The van der Waals surface area contributed by atoms with Gasteiger partial charge < -0.3 is 16.2 Å². The van der Waals surface area contributed by atoms with Gasteiger partial charge in [0, 0.05) is 17.1 Å². The first-order valence-electron chi connectivity index (χ1n) is 7.51. The fraction of sp³-hybridized carbons (Fsp3) is 0.625. The lowest BCUT2D eigenvalue weighted by Gasteiger charge is -2.61. The normalized spacial score (nSPS) is 40.4. The van der Waals surface area contributed by atoms with Gasteiger partial charge in [0.1, 0.15) is 0 Å². The Bertz CT molecular complexity index is 525. The molecule has 1 aliphatic heterocycles. The molecule has 2 aliphatic carbocycles. The van der Waals surface area contributed by atoms with Gasteiger partial charge in [-0.15, -0.1) is 0 Å². The summed E-state index contributed by atoms with van der Waals surface area (Å²) < 4.78 is 0. The summed E-state index contributed by atoms with van der Waals surface area (Å²) in [6.45, 7) is 1.02. The average Bonchev–Trinajstić information content (AvgIpc) is 2.39. The summed E-state index contributed by atoms with van der Waals surface area (Å²) in [5, 5.41) is 14.9. The van der Waals surface area contributed by atoms with E-state index in [0.29, 0.717) is 0 Å². The Balaban J connectivity index is 1.98. The highest BCUT2D eigenvalue weighted by Crippen LogP contribution is 2.56. The van der Waals surface area contributed by atoms with E-state index in [2.05, 4.69) is 17.4 Å². The highest BCUT2D eigenvalue weighted by Gasteiger charge is 2.61. The molecule has 102 valence electrons. The van der Waals surface area contributed by atoms with Crippen LogP contribution in [0, 0.1) is 0 Å². The topological polar surface area (TPSA) is 58.3 Å². The third-order valence-corrected chi connectivity index (χ3v) is 5.90. The van der Waals surface area contributed by atoms with Crippen LogP contribution >= 0.6 is 0 Å². The molecular weight excluding hydrogens is 236 g/mol. The maximum Gasteiger partial charge on any atom is 0.0899 e. The van der Waals surface area contributed by atoms with Crippen LogP contribution in [0.1, 0.15) is 43.2 Å². The minimum Gasteiger partial charge on any atom is -0.398 e. The van der Waals surface area contributed by atoms with Crippen molar-refractivity contribution in [3.05, 3.63) is 29.3 Å². The Morgan fingerprint density at radius 3 is 2.95 bits per heavy atom. The first kappa shape index (κ1) is 11.7. The monoisotopic (exact) mass is 258 g/mol. The summed E-state index contributed by atoms with van der Waals surface area (Å²) >= 11 is 0. The van der Waals surface area contributed by atoms with Crippen LogP contribution < -0.4 is 11.1 Å². The van der Waals surface area contributed by atoms with Crippen molar-refractivity contribution in [1.82, 2.24) is 5.32 Å². The lowest BCUT2D eigenvalue weighted by Crippen LogP contribution is -2.71. The van der Waals surface area contributed by atoms with E-state index in [9.17, 15) is 5.11 Å². The van der Waals surface area contributed by atoms with Crippen LogP contribution in [0.3, 0.4) is 0 Å². The fourth-order valence-electron chi connectivity index (χ4n) is 4.98. The van der Waals surface area contributed by atoms with E-state index in [1.807, 2.05) is 6.07 Å². The van der Waals surface area contributed by atoms with E-state index in [1.165, 1.54) is 17.5 Å². The molecule has 1 aromatic carbocycles. The van der Waals surface area contributed by atoms with Gasteiger partial charge in [-0.1, -0.05) is 25.0 Å². The van der Waals surface area contributed by atoms with E-state index in [1.54, 1.807) is 0 Å². The predicted octanol–water partition coefficient (Wildman–Crippen LogP) is 1.73.